The van der Waals surface area contributed by atoms with Gasteiger partial charge >= 0.3 is 0 Å². The van der Waals surface area contributed by atoms with Crippen LogP contribution in [0.5, 0.6) is 0 Å². The van der Waals surface area contributed by atoms with Crippen LogP contribution in [-0.4, -0.2) is 13.6 Å². The molecule has 0 radical (unpaired) electrons. The zero-order valence-electron chi connectivity index (χ0n) is 11.1. The Morgan fingerprint density at radius 2 is 1.94 bits per heavy atom. The van der Waals surface area contributed by atoms with E-state index in [2.05, 4.69) is 35.1 Å². The molecule has 102 valence electrons. The lowest BCUT2D eigenvalue weighted by atomic mass is 9.90. The smallest absolute Gasteiger partial charge is 0.143 e. The van der Waals surface area contributed by atoms with Crippen LogP contribution in [-0.2, 0) is 6.42 Å². The van der Waals surface area contributed by atoms with E-state index < -0.39 is 11.6 Å². The summed E-state index contributed by atoms with van der Waals surface area (Å²) in [5, 5.41) is 3.09. The zero-order valence-corrected chi connectivity index (χ0v) is 12.7. The van der Waals surface area contributed by atoms with E-state index in [1.54, 1.807) is 0 Å². The summed E-state index contributed by atoms with van der Waals surface area (Å²) in [7, 11) is 1.86. The second kappa shape index (κ2) is 7.19. The summed E-state index contributed by atoms with van der Waals surface area (Å²) in [6, 6.07) is 2.72. The topological polar surface area (TPSA) is 12.0 Å². The Kier molecular flexibility index (Phi) is 6.22. The Bertz CT molecular complexity index is 394. The van der Waals surface area contributed by atoms with E-state index in [1.807, 2.05) is 7.05 Å². The molecule has 0 bridgehead atoms. The Hall–Kier alpha value is -0.480. The minimum Gasteiger partial charge on any atom is -0.319 e. The number of halogens is 3. The van der Waals surface area contributed by atoms with Gasteiger partial charge in [-0.2, -0.15) is 0 Å². The van der Waals surface area contributed by atoms with Gasteiger partial charge < -0.3 is 5.32 Å². The molecule has 0 saturated heterocycles. The molecule has 18 heavy (non-hydrogen) atoms. The van der Waals surface area contributed by atoms with Crippen LogP contribution in [0.25, 0.3) is 0 Å². The largest absolute Gasteiger partial charge is 0.319 e. The van der Waals surface area contributed by atoms with Crippen molar-refractivity contribution in [3.8, 4) is 0 Å². The third-order valence-corrected chi connectivity index (χ3v) is 3.54. The normalized spacial score (nSPS) is 13.1. The number of hydrogen-bond donors (Lipinski definition) is 1. The highest BCUT2D eigenvalue weighted by Crippen LogP contribution is 2.25. The molecule has 0 aliphatic rings. The van der Waals surface area contributed by atoms with Crippen molar-refractivity contribution >= 4 is 15.9 Å². The van der Waals surface area contributed by atoms with Crippen LogP contribution in [0.2, 0.25) is 0 Å². The monoisotopic (exact) mass is 319 g/mol. The fourth-order valence-corrected chi connectivity index (χ4v) is 2.61. The van der Waals surface area contributed by atoms with Gasteiger partial charge in [-0.1, -0.05) is 13.8 Å². The summed E-state index contributed by atoms with van der Waals surface area (Å²) in [4.78, 5) is 0. The third kappa shape index (κ3) is 4.32. The average Bonchev–Trinajstić information content (AvgIpc) is 2.29. The molecule has 0 saturated carbocycles. The van der Waals surface area contributed by atoms with Crippen LogP contribution < -0.4 is 5.32 Å². The van der Waals surface area contributed by atoms with Crippen LogP contribution in [0, 0.1) is 23.5 Å². The molecular weight excluding hydrogens is 300 g/mol. The number of rotatable bonds is 6. The third-order valence-electron chi connectivity index (χ3n) is 2.93. The van der Waals surface area contributed by atoms with Crippen molar-refractivity contribution in [2.24, 2.45) is 11.8 Å². The van der Waals surface area contributed by atoms with Gasteiger partial charge in [-0.25, -0.2) is 8.78 Å². The molecular formula is C14H20BrF2N. The van der Waals surface area contributed by atoms with Crippen molar-refractivity contribution < 1.29 is 8.78 Å². The second-order valence-corrected chi connectivity index (χ2v) is 5.93. The highest BCUT2D eigenvalue weighted by molar-refractivity contribution is 9.10. The van der Waals surface area contributed by atoms with Crippen molar-refractivity contribution in [2.75, 3.05) is 13.6 Å². The van der Waals surface area contributed by atoms with E-state index in [1.165, 1.54) is 12.1 Å². The molecule has 1 aromatic carbocycles. The quantitative estimate of drug-likeness (QED) is 0.777. The van der Waals surface area contributed by atoms with Gasteiger partial charge in [0.2, 0.25) is 0 Å². The Morgan fingerprint density at radius 1 is 1.28 bits per heavy atom. The average molecular weight is 320 g/mol. The zero-order chi connectivity index (χ0) is 13.7. The van der Waals surface area contributed by atoms with Crippen molar-refractivity contribution in [2.45, 2.75) is 26.7 Å². The van der Waals surface area contributed by atoms with Gasteiger partial charge in [0.15, 0.2) is 0 Å². The van der Waals surface area contributed by atoms with E-state index in [-0.39, 0.29) is 11.5 Å². The highest BCUT2D eigenvalue weighted by atomic mass is 79.9. The van der Waals surface area contributed by atoms with Crippen LogP contribution >= 0.6 is 15.9 Å². The SMILES string of the molecule is CNCC(Cc1c(F)ccc(Br)c1F)CC(C)C. The summed E-state index contributed by atoms with van der Waals surface area (Å²) < 4.78 is 27.9. The first kappa shape index (κ1) is 15.6. The predicted molar refractivity (Wildman–Crippen MR) is 74.6 cm³/mol. The first-order chi connectivity index (χ1) is 8.45. The second-order valence-electron chi connectivity index (χ2n) is 5.08. The number of hydrogen-bond acceptors (Lipinski definition) is 1. The Labute approximate surface area is 116 Å². The molecule has 4 heteroatoms. The van der Waals surface area contributed by atoms with Crippen molar-refractivity contribution in [1.82, 2.24) is 5.32 Å². The minimum atomic E-state index is -0.472. The molecule has 0 amide bonds. The minimum absolute atomic E-state index is 0.185. The van der Waals surface area contributed by atoms with Gasteiger partial charge in [0.1, 0.15) is 11.6 Å². The Balaban J connectivity index is 2.89. The molecule has 0 spiro atoms. The van der Waals surface area contributed by atoms with Crippen molar-refractivity contribution in [3.63, 3.8) is 0 Å². The summed E-state index contributed by atoms with van der Waals surface area (Å²) in [5.41, 5.74) is 0.185. The van der Waals surface area contributed by atoms with Crippen LogP contribution in [0.1, 0.15) is 25.8 Å². The molecule has 0 aliphatic carbocycles. The molecule has 1 aromatic rings. The Morgan fingerprint density at radius 3 is 2.50 bits per heavy atom. The molecule has 1 N–H and O–H groups in total. The summed E-state index contributed by atoms with van der Waals surface area (Å²) in [6.07, 6.45) is 1.38. The van der Waals surface area contributed by atoms with Crippen LogP contribution in [0.4, 0.5) is 8.78 Å². The fraction of sp³-hybridized carbons (Fsp3) is 0.571. The van der Waals surface area contributed by atoms with E-state index >= 15 is 0 Å². The molecule has 0 heterocycles. The maximum absolute atomic E-state index is 13.9. The highest BCUT2D eigenvalue weighted by Gasteiger charge is 2.18. The van der Waals surface area contributed by atoms with E-state index in [4.69, 9.17) is 0 Å². The standard InChI is InChI=1S/C14H20BrF2N/c1-9(2)6-10(8-18-3)7-11-13(16)5-4-12(15)14(11)17/h4-5,9-10,18H,6-8H2,1-3H3. The van der Waals surface area contributed by atoms with E-state index in [9.17, 15) is 8.78 Å². The van der Waals surface area contributed by atoms with Crippen molar-refractivity contribution in [1.29, 1.82) is 0 Å². The van der Waals surface area contributed by atoms with Gasteiger partial charge in [0, 0.05) is 5.56 Å². The van der Waals surface area contributed by atoms with Gasteiger partial charge in [0.25, 0.3) is 0 Å². The van der Waals surface area contributed by atoms with Gasteiger partial charge in [-0.3, -0.25) is 0 Å². The molecule has 0 aliphatic heterocycles. The predicted octanol–water partition coefficient (Wildman–Crippen LogP) is 4.15. The molecule has 0 fully saturated rings. The maximum atomic E-state index is 13.9. The molecule has 1 atom stereocenters. The lowest BCUT2D eigenvalue weighted by Crippen LogP contribution is -2.23. The summed E-state index contributed by atoms with van der Waals surface area (Å²) >= 11 is 3.10. The lowest BCUT2D eigenvalue weighted by molar-refractivity contribution is 0.383. The van der Waals surface area contributed by atoms with E-state index in [0.717, 1.165) is 13.0 Å². The number of nitrogens with one attached hydrogen (secondary N) is 1. The first-order valence-electron chi connectivity index (χ1n) is 6.22. The van der Waals surface area contributed by atoms with Crippen LogP contribution in [0.3, 0.4) is 0 Å². The van der Waals surface area contributed by atoms with Gasteiger partial charge in [0.05, 0.1) is 4.47 Å². The molecule has 1 unspecified atom stereocenters. The summed E-state index contributed by atoms with van der Waals surface area (Å²) in [6.45, 7) is 5.01. The van der Waals surface area contributed by atoms with Gasteiger partial charge in [-0.05, 0) is 66.3 Å². The van der Waals surface area contributed by atoms with Crippen molar-refractivity contribution in [3.05, 3.63) is 33.8 Å². The number of benzene rings is 1. The molecule has 0 aromatic heterocycles. The molecule has 1 rings (SSSR count). The fourth-order valence-electron chi connectivity index (χ4n) is 2.24. The van der Waals surface area contributed by atoms with Gasteiger partial charge in [-0.15, -0.1) is 0 Å². The maximum Gasteiger partial charge on any atom is 0.143 e. The first-order valence-corrected chi connectivity index (χ1v) is 7.02. The van der Waals surface area contributed by atoms with E-state index in [0.29, 0.717) is 16.8 Å². The van der Waals surface area contributed by atoms with Crippen LogP contribution in [0.15, 0.2) is 16.6 Å². The summed E-state index contributed by atoms with van der Waals surface area (Å²) in [5.74, 6) is -0.171. The lowest BCUT2D eigenvalue weighted by Gasteiger charge is -2.19. The molecule has 1 nitrogen and oxygen atoms in total.